The maximum absolute atomic E-state index is 13.2. The Kier molecular flexibility index (Phi) is 8.43. The monoisotopic (exact) mass is 584 g/mol. The molecule has 0 saturated carbocycles. The van der Waals surface area contributed by atoms with Crippen LogP contribution in [0.3, 0.4) is 0 Å². The fourth-order valence-corrected chi connectivity index (χ4v) is 5.44. The van der Waals surface area contributed by atoms with Crippen molar-refractivity contribution in [2.24, 2.45) is 0 Å². The summed E-state index contributed by atoms with van der Waals surface area (Å²) < 4.78 is 5.80. The van der Waals surface area contributed by atoms with Crippen molar-refractivity contribution in [1.29, 1.82) is 0 Å². The number of para-hydroxylation sites is 1. The van der Waals surface area contributed by atoms with Crippen LogP contribution in [0.1, 0.15) is 28.8 Å². The van der Waals surface area contributed by atoms with Crippen molar-refractivity contribution in [2.45, 2.75) is 25.4 Å². The van der Waals surface area contributed by atoms with Crippen molar-refractivity contribution in [1.82, 2.24) is 25.9 Å². The maximum Gasteiger partial charge on any atom is 0.314 e. The van der Waals surface area contributed by atoms with Crippen LogP contribution < -0.4 is 35.8 Å². The molecule has 40 heavy (non-hydrogen) atoms. The number of carbonyl (C=O) groups is 2. The highest BCUT2D eigenvalue weighted by molar-refractivity contribution is 6.40. The molecule has 3 aromatic rings. The van der Waals surface area contributed by atoms with E-state index in [1.54, 1.807) is 25.2 Å². The smallest absolute Gasteiger partial charge is 0.314 e. The van der Waals surface area contributed by atoms with Crippen LogP contribution in [0.5, 0.6) is 5.88 Å². The molecule has 11 nitrogen and oxygen atoms in total. The lowest BCUT2D eigenvalue weighted by atomic mass is 10.0. The van der Waals surface area contributed by atoms with Crippen molar-refractivity contribution >= 4 is 58.2 Å². The molecule has 4 N–H and O–H groups in total. The Morgan fingerprint density at radius 1 is 1.12 bits per heavy atom. The van der Waals surface area contributed by atoms with E-state index in [9.17, 15) is 9.59 Å². The molecule has 13 heteroatoms. The van der Waals surface area contributed by atoms with Crippen LogP contribution in [-0.2, 0) is 6.54 Å². The number of benzene rings is 2. The molecule has 0 radical (unpaired) electrons. The minimum atomic E-state index is -0.364. The molecule has 1 fully saturated rings. The van der Waals surface area contributed by atoms with Gasteiger partial charge in [-0.1, -0.05) is 29.3 Å². The van der Waals surface area contributed by atoms with Gasteiger partial charge in [0.2, 0.25) is 11.8 Å². The van der Waals surface area contributed by atoms with Crippen LogP contribution in [-0.4, -0.2) is 61.9 Å². The topological polar surface area (TPSA) is 124 Å². The summed E-state index contributed by atoms with van der Waals surface area (Å²) in [5.41, 5.74) is 3.32. The summed E-state index contributed by atoms with van der Waals surface area (Å²) >= 11 is 12.6. The minimum absolute atomic E-state index is 0.0972. The number of hydrogen-bond donors (Lipinski definition) is 4. The van der Waals surface area contributed by atoms with E-state index in [1.807, 2.05) is 25.2 Å². The van der Waals surface area contributed by atoms with E-state index >= 15 is 0 Å². The molecule has 0 aliphatic carbocycles. The first-order valence-corrected chi connectivity index (χ1v) is 13.7. The number of nitrogens with zero attached hydrogens (tertiary/aromatic N) is 4. The zero-order valence-electron chi connectivity index (χ0n) is 22.1. The zero-order chi connectivity index (χ0) is 28.2. The number of aromatic nitrogens is 2. The molecule has 0 spiro atoms. The summed E-state index contributed by atoms with van der Waals surface area (Å²) in [6.07, 6.45) is 3.50. The first-order chi connectivity index (χ1) is 19.4. The summed E-state index contributed by atoms with van der Waals surface area (Å²) in [6.45, 7) is 2.08. The van der Waals surface area contributed by atoms with Crippen molar-refractivity contribution in [3.8, 4) is 5.88 Å². The van der Waals surface area contributed by atoms with Gasteiger partial charge in [-0.2, -0.15) is 4.98 Å². The van der Waals surface area contributed by atoms with Gasteiger partial charge in [0, 0.05) is 50.3 Å². The Hall–Kier alpha value is -3.80. The van der Waals surface area contributed by atoms with Gasteiger partial charge < -0.3 is 30.9 Å². The van der Waals surface area contributed by atoms with Crippen molar-refractivity contribution in [3.05, 3.63) is 63.8 Å². The molecule has 2 aromatic carbocycles. The average Bonchev–Trinajstić information content (AvgIpc) is 2.97. The van der Waals surface area contributed by atoms with E-state index in [2.05, 4.69) is 36.1 Å². The highest BCUT2D eigenvalue weighted by Gasteiger charge is 2.31. The van der Waals surface area contributed by atoms with E-state index in [0.717, 1.165) is 42.9 Å². The standard InChI is InChI=1S/C27H30Cl2N8O3/c1-30-17-8-10-36(11-9-17)22-7-6-18(12-16(22)13-33-27(39)31-2)34-26-32-14-19-24(35-26)40-15-37(25(19)38)23-20(28)4-3-5-21(23)29/h3-7,12,14,17,30H,8-11,13,15H2,1-2H3,(H2,31,33,39)(H,32,34,35). The Morgan fingerprint density at radius 2 is 1.88 bits per heavy atom. The van der Waals surface area contributed by atoms with Gasteiger partial charge in [0.05, 0.1) is 15.7 Å². The third-order valence-corrected chi connectivity index (χ3v) is 7.62. The molecular formula is C27H30Cl2N8O3. The van der Waals surface area contributed by atoms with Crippen LogP contribution in [0.15, 0.2) is 42.6 Å². The molecule has 0 atom stereocenters. The number of anilines is 4. The molecule has 1 aromatic heterocycles. The summed E-state index contributed by atoms with van der Waals surface area (Å²) in [5.74, 6) is 0.0628. The summed E-state index contributed by atoms with van der Waals surface area (Å²) in [7, 11) is 3.58. The fourth-order valence-electron chi connectivity index (χ4n) is 4.84. The number of urea groups is 1. The van der Waals surface area contributed by atoms with Gasteiger partial charge in [-0.25, -0.2) is 9.78 Å². The number of nitrogens with one attached hydrogen (secondary N) is 4. The molecule has 2 aliphatic heterocycles. The molecule has 0 bridgehead atoms. The average molecular weight is 585 g/mol. The van der Waals surface area contributed by atoms with Gasteiger partial charge in [-0.3, -0.25) is 9.69 Å². The SMILES string of the molecule is CNC(=O)NCc1cc(Nc2ncc3c(n2)OCN(c2c(Cl)cccc2Cl)C3=O)ccc1N1CCC(NC)CC1. The first-order valence-electron chi connectivity index (χ1n) is 12.9. The Bertz CT molecular complexity index is 1390. The number of carbonyl (C=O) groups excluding carboxylic acids is 2. The normalized spacial score (nSPS) is 15.3. The highest BCUT2D eigenvalue weighted by Crippen LogP contribution is 2.37. The predicted molar refractivity (Wildman–Crippen MR) is 156 cm³/mol. The van der Waals surface area contributed by atoms with Crippen molar-refractivity contribution < 1.29 is 14.3 Å². The Morgan fingerprint density at radius 3 is 2.58 bits per heavy atom. The van der Waals surface area contributed by atoms with E-state index in [4.69, 9.17) is 27.9 Å². The molecule has 1 saturated heterocycles. The van der Waals surface area contributed by atoms with Gasteiger partial charge in [0.15, 0.2) is 6.73 Å². The molecule has 3 amide bonds. The number of fused-ring (bicyclic) bond motifs is 1. The summed E-state index contributed by atoms with van der Waals surface area (Å²) in [4.78, 5) is 37.6. The number of piperidine rings is 1. The third-order valence-electron chi connectivity index (χ3n) is 7.01. The number of ether oxygens (including phenoxy) is 1. The maximum atomic E-state index is 13.2. The van der Waals surface area contributed by atoms with E-state index in [0.29, 0.717) is 28.3 Å². The van der Waals surface area contributed by atoms with E-state index < -0.39 is 0 Å². The molecule has 5 rings (SSSR count). The van der Waals surface area contributed by atoms with Gasteiger partial charge in [0.1, 0.15) is 5.56 Å². The van der Waals surface area contributed by atoms with Crippen LogP contribution in [0.4, 0.5) is 27.8 Å². The van der Waals surface area contributed by atoms with Crippen molar-refractivity contribution in [2.75, 3.05) is 49.0 Å². The van der Waals surface area contributed by atoms with Gasteiger partial charge in [0.25, 0.3) is 5.91 Å². The van der Waals surface area contributed by atoms with Gasteiger partial charge in [-0.05, 0) is 55.8 Å². The molecule has 3 heterocycles. The molecular weight excluding hydrogens is 555 g/mol. The lowest BCUT2D eigenvalue weighted by Gasteiger charge is -2.35. The van der Waals surface area contributed by atoms with Crippen LogP contribution >= 0.6 is 23.2 Å². The summed E-state index contributed by atoms with van der Waals surface area (Å²) in [5, 5.41) is 12.7. The largest absolute Gasteiger partial charge is 0.455 e. The predicted octanol–water partition coefficient (Wildman–Crippen LogP) is 4.14. The second-order valence-corrected chi connectivity index (χ2v) is 10.3. The van der Waals surface area contributed by atoms with Crippen LogP contribution in [0.25, 0.3) is 0 Å². The van der Waals surface area contributed by atoms with Crippen molar-refractivity contribution in [3.63, 3.8) is 0 Å². The number of hydrogen-bond acceptors (Lipinski definition) is 8. The first kappa shape index (κ1) is 27.8. The zero-order valence-corrected chi connectivity index (χ0v) is 23.6. The molecule has 2 aliphatic rings. The fraction of sp³-hybridized carbons (Fsp3) is 0.333. The number of halogens is 2. The second-order valence-electron chi connectivity index (χ2n) is 9.44. The molecule has 0 unspecified atom stereocenters. The summed E-state index contributed by atoms with van der Waals surface area (Å²) in [6, 6.07) is 11.2. The van der Waals surface area contributed by atoms with Gasteiger partial charge in [-0.15, -0.1) is 0 Å². The van der Waals surface area contributed by atoms with Crippen LogP contribution in [0, 0.1) is 0 Å². The van der Waals surface area contributed by atoms with Gasteiger partial charge >= 0.3 is 6.03 Å². The molecule has 210 valence electrons. The Labute approximate surface area is 242 Å². The second kappa shape index (κ2) is 12.2. The third kappa shape index (κ3) is 5.86. The lowest BCUT2D eigenvalue weighted by Crippen LogP contribution is -2.41. The van der Waals surface area contributed by atoms with Crippen LogP contribution in [0.2, 0.25) is 10.0 Å². The van der Waals surface area contributed by atoms with E-state index in [-0.39, 0.29) is 36.1 Å². The van der Waals surface area contributed by atoms with E-state index in [1.165, 1.54) is 11.1 Å². The number of amides is 3. The highest BCUT2D eigenvalue weighted by atomic mass is 35.5. The minimum Gasteiger partial charge on any atom is -0.455 e. The quantitative estimate of drug-likeness (QED) is 0.326. The lowest BCUT2D eigenvalue weighted by molar-refractivity contribution is 0.0932. The number of rotatable bonds is 7. The Balaban J connectivity index is 1.35.